The van der Waals surface area contributed by atoms with Crippen LogP contribution in [-0.2, 0) is 13.1 Å². The SMILES string of the molecule is COc1ccc(C(=O)N(C)Cc2cnn(Cc3ccccc3)c2)cn1. The fourth-order valence-electron chi connectivity index (χ4n) is 2.54. The number of nitrogens with zero attached hydrogens (tertiary/aromatic N) is 4. The van der Waals surface area contributed by atoms with Crippen molar-refractivity contribution in [3.05, 3.63) is 77.7 Å². The highest BCUT2D eigenvalue weighted by Gasteiger charge is 2.13. The normalized spacial score (nSPS) is 10.5. The van der Waals surface area contributed by atoms with Crippen molar-refractivity contribution in [2.75, 3.05) is 14.2 Å². The molecular weight excluding hydrogens is 316 g/mol. The predicted molar refractivity (Wildman–Crippen MR) is 94.4 cm³/mol. The Morgan fingerprint density at radius 2 is 1.92 bits per heavy atom. The molecule has 25 heavy (non-hydrogen) atoms. The highest BCUT2D eigenvalue weighted by Crippen LogP contribution is 2.11. The van der Waals surface area contributed by atoms with Crippen LogP contribution in [0.1, 0.15) is 21.5 Å². The molecule has 1 aromatic carbocycles. The Kier molecular flexibility index (Phi) is 5.09. The smallest absolute Gasteiger partial charge is 0.255 e. The molecule has 1 amide bonds. The summed E-state index contributed by atoms with van der Waals surface area (Å²) in [6, 6.07) is 13.5. The molecule has 0 saturated heterocycles. The van der Waals surface area contributed by atoms with Crippen molar-refractivity contribution >= 4 is 5.91 Å². The van der Waals surface area contributed by atoms with E-state index >= 15 is 0 Å². The van der Waals surface area contributed by atoms with E-state index in [1.165, 1.54) is 11.8 Å². The standard InChI is InChI=1S/C19H20N4O2/c1-22(19(24)17-8-9-18(25-2)20-11-17)12-16-10-21-23(14-16)13-15-6-4-3-5-7-15/h3-11,14H,12-13H2,1-2H3. The summed E-state index contributed by atoms with van der Waals surface area (Å²) in [5.41, 5.74) is 2.69. The van der Waals surface area contributed by atoms with Crippen LogP contribution in [-0.4, -0.2) is 39.7 Å². The summed E-state index contributed by atoms with van der Waals surface area (Å²) in [4.78, 5) is 18.2. The van der Waals surface area contributed by atoms with Gasteiger partial charge in [0.05, 0.1) is 25.4 Å². The zero-order valence-corrected chi connectivity index (χ0v) is 14.3. The van der Waals surface area contributed by atoms with Gasteiger partial charge < -0.3 is 9.64 Å². The lowest BCUT2D eigenvalue weighted by molar-refractivity contribution is 0.0784. The van der Waals surface area contributed by atoms with Gasteiger partial charge in [-0.25, -0.2) is 4.98 Å². The number of amides is 1. The lowest BCUT2D eigenvalue weighted by atomic mass is 10.2. The van der Waals surface area contributed by atoms with Crippen LogP contribution in [0.4, 0.5) is 0 Å². The third kappa shape index (κ3) is 4.23. The first-order valence-electron chi connectivity index (χ1n) is 7.96. The van der Waals surface area contributed by atoms with E-state index in [1.807, 2.05) is 29.1 Å². The number of aromatic nitrogens is 3. The second-order valence-electron chi connectivity index (χ2n) is 5.78. The lowest BCUT2D eigenvalue weighted by Gasteiger charge is -2.16. The summed E-state index contributed by atoms with van der Waals surface area (Å²) in [7, 11) is 3.31. The number of benzene rings is 1. The molecule has 0 aliphatic heterocycles. The van der Waals surface area contributed by atoms with Crippen molar-refractivity contribution in [1.82, 2.24) is 19.7 Å². The van der Waals surface area contributed by atoms with Crippen LogP contribution in [0, 0.1) is 0 Å². The van der Waals surface area contributed by atoms with E-state index in [9.17, 15) is 4.79 Å². The highest BCUT2D eigenvalue weighted by atomic mass is 16.5. The first-order valence-corrected chi connectivity index (χ1v) is 7.96. The number of methoxy groups -OCH3 is 1. The van der Waals surface area contributed by atoms with Crippen molar-refractivity contribution < 1.29 is 9.53 Å². The van der Waals surface area contributed by atoms with Crippen LogP contribution in [0.15, 0.2) is 61.1 Å². The van der Waals surface area contributed by atoms with E-state index in [1.54, 1.807) is 37.4 Å². The van der Waals surface area contributed by atoms with Crippen molar-refractivity contribution in [3.8, 4) is 5.88 Å². The number of hydrogen-bond donors (Lipinski definition) is 0. The molecule has 2 aromatic heterocycles. The van der Waals surface area contributed by atoms with E-state index in [4.69, 9.17) is 4.74 Å². The molecule has 0 spiro atoms. The van der Waals surface area contributed by atoms with Gasteiger partial charge in [-0.1, -0.05) is 30.3 Å². The molecule has 0 unspecified atom stereocenters. The average molecular weight is 336 g/mol. The maximum Gasteiger partial charge on any atom is 0.255 e. The van der Waals surface area contributed by atoms with E-state index in [0.29, 0.717) is 24.5 Å². The summed E-state index contributed by atoms with van der Waals surface area (Å²) >= 11 is 0. The van der Waals surface area contributed by atoms with Gasteiger partial charge >= 0.3 is 0 Å². The fourth-order valence-corrected chi connectivity index (χ4v) is 2.54. The molecule has 6 nitrogen and oxygen atoms in total. The monoisotopic (exact) mass is 336 g/mol. The second kappa shape index (κ2) is 7.61. The van der Waals surface area contributed by atoms with Crippen molar-refractivity contribution in [2.24, 2.45) is 0 Å². The molecule has 0 atom stereocenters. The second-order valence-corrected chi connectivity index (χ2v) is 5.78. The Hall–Kier alpha value is -3.15. The summed E-state index contributed by atoms with van der Waals surface area (Å²) in [6.45, 7) is 1.19. The van der Waals surface area contributed by atoms with Gasteiger partial charge in [0.1, 0.15) is 0 Å². The molecular formula is C19H20N4O2. The fraction of sp³-hybridized carbons (Fsp3) is 0.211. The first kappa shape index (κ1) is 16.7. The summed E-state index contributed by atoms with van der Waals surface area (Å²) < 4.78 is 6.88. The van der Waals surface area contributed by atoms with Crippen molar-refractivity contribution in [1.29, 1.82) is 0 Å². The molecule has 3 rings (SSSR count). The Morgan fingerprint density at radius 1 is 1.12 bits per heavy atom. The number of pyridine rings is 1. The number of hydrogen-bond acceptors (Lipinski definition) is 4. The minimum Gasteiger partial charge on any atom is -0.481 e. The highest BCUT2D eigenvalue weighted by molar-refractivity contribution is 5.93. The number of ether oxygens (including phenoxy) is 1. The maximum atomic E-state index is 12.5. The molecule has 6 heteroatoms. The van der Waals surface area contributed by atoms with E-state index in [-0.39, 0.29) is 5.91 Å². The quantitative estimate of drug-likeness (QED) is 0.694. The summed E-state index contributed by atoms with van der Waals surface area (Å²) in [5.74, 6) is 0.396. The number of rotatable bonds is 6. The molecule has 3 aromatic rings. The molecule has 0 fully saturated rings. The van der Waals surface area contributed by atoms with Crippen LogP contribution in [0.3, 0.4) is 0 Å². The Labute approximate surface area is 146 Å². The Morgan fingerprint density at radius 3 is 2.60 bits per heavy atom. The van der Waals surface area contributed by atoms with Gasteiger partial charge in [-0.15, -0.1) is 0 Å². The van der Waals surface area contributed by atoms with Gasteiger partial charge in [-0.05, 0) is 11.6 Å². The maximum absolute atomic E-state index is 12.5. The molecule has 0 aliphatic rings. The zero-order chi connectivity index (χ0) is 17.6. The molecule has 0 saturated carbocycles. The zero-order valence-electron chi connectivity index (χ0n) is 14.3. The molecule has 0 bridgehead atoms. The Balaban J connectivity index is 1.62. The molecule has 128 valence electrons. The minimum absolute atomic E-state index is 0.0917. The molecule has 0 radical (unpaired) electrons. The number of carbonyl (C=O) groups excluding carboxylic acids is 1. The van der Waals surface area contributed by atoms with Crippen molar-refractivity contribution in [3.63, 3.8) is 0 Å². The van der Waals surface area contributed by atoms with Gasteiger partial charge in [0.15, 0.2) is 0 Å². The van der Waals surface area contributed by atoms with Gasteiger partial charge in [0.25, 0.3) is 5.91 Å². The van der Waals surface area contributed by atoms with Gasteiger partial charge in [-0.3, -0.25) is 9.48 Å². The minimum atomic E-state index is -0.0917. The molecule has 2 heterocycles. The van der Waals surface area contributed by atoms with Crippen LogP contribution in [0.2, 0.25) is 0 Å². The first-order chi connectivity index (χ1) is 12.2. The predicted octanol–water partition coefficient (Wildman–Crippen LogP) is 2.61. The van der Waals surface area contributed by atoms with E-state index < -0.39 is 0 Å². The van der Waals surface area contributed by atoms with Crippen LogP contribution >= 0.6 is 0 Å². The third-order valence-corrected chi connectivity index (χ3v) is 3.83. The summed E-state index contributed by atoms with van der Waals surface area (Å²) in [5, 5.41) is 4.37. The Bertz CT molecular complexity index is 828. The van der Waals surface area contributed by atoms with Crippen LogP contribution in [0.5, 0.6) is 5.88 Å². The topological polar surface area (TPSA) is 60.2 Å². The van der Waals surface area contributed by atoms with Crippen LogP contribution in [0.25, 0.3) is 0 Å². The molecule has 0 aliphatic carbocycles. The largest absolute Gasteiger partial charge is 0.481 e. The van der Waals surface area contributed by atoms with E-state index in [0.717, 1.165) is 5.56 Å². The van der Waals surface area contributed by atoms with Crippen LogP contribution < -0.4 is 4.74 Å². The van der Waals surface area contributed by atoms with Gasteiger partial charge in [0, 0.05) is 37.6 Å². The van der Waals surface area contributed by atoms with Gasteiger partial charge in [-0.2, -0.15) is 5.10 Å². The van der Waals surface area contributed by atoms with Crippen molar-refractivity contribution in [2.45, 2.75) is 13.1 Å². The lowest BCUT2D eigenvalue weighted by Crippen LogP contribution is -2.26. The average Bonchev–Trinajstić information content (AvgIpc) is 3.08. The van der Waals surface area contributed by atoms with Gasteiger partial charge in [0.2, 0.25) is 5.88 Å². The molecule has 0 N–H and O–H groups in total. The third-order valence-electron chi connectivity index (χ3n) is 3.83. The van der Waals surface area contributed by atoms with E-state index in [2.05, 4.69) is 22.2 Å². The summed E-state index contributed by atoms with van der Waals surface area (Å²) in [6.07, 6.45) is 5.28. The number of carbonyl (C=O) groups is 1.